The molecule has 1 aliphatic heterocycles. The maximum absolute atomic E-state index is 11.5. The van der Waals surface area contributed by atoms with E-state index in [1.54, 1.807) is 18.2 Å². The first-order valence-electron chi connectivity index (χ1n) is 6.11. The van der Waals surface area contributed by atoms with Crippen molar-refractivity contribution in [2.75, 3.05) is 42.2 Å². The molecule has 3 N–H and O–H groups in total. The molecule has 0 unspecified atom stereocenters. The van der Waals surface area contributed by atoms with Crippen molar-refractivity contribution in [2.24, 2.45) is 5.73 Å². The standard InChI is InChI=1S/C12H17N3O4S/c1-20(17,18)14-11-3-2-9(8-10(11)12(13)16)15-4-6-19-7-5-15/h2-3,8,14H,4-7H2,1H3,(H2,13,16). The van der Waals surface area contributed by atoms with Gasteiger partial charge in [-0.1, -0.05) is 0 Å². The van der Waals surface area contributed by atoms with Crippen LogP contribution in [0.25, 0.3) is 0 Å². The van der Waals surface area contributed by atoms with Crippen LogP contribution < -0.4 is 15.4 Å². The minimum Gasteiger partial charge on any atom is -0.378 e. The van der Waals surface area contributed by atoms with E-state index < -0.39 is 15.9 Å². The van der Waals surface area contributed by atoms with Crippen molar-refractivity contribution in [3.63, 3.8) is 0 Å². The zero-order valence-electron chi connectivity index (χ0n) is 11.1. The zero-order valence-corrected chi connectivity index (χ0v) is 11.9. The highest BCUT2D eigenvalue weighted by molar-refractivity contribution is 7.92. The molecule has 7 nitrogen and oxygen atoms in total. The predicted molar refractivity (Wildman–Crippen MR) is 76.5 cm³/mol. The summed E-state index contributed by atoms with van der Waals surface area (Å²) in [5.41, 5.74) is 6.48. The largest absolute Gasteiger partial charge is 0.378 e. The summed E-state index contributed by atoms with van der Waals surface area (Å²) in [4.78, 5) is 13.5. The van der Waals surface area contributed by atoms with Crippen molar-refractivity contribution in [1.29, 1.82) is 0 Å². The van der Waals surface area contributed by atoms with Crippen LogP contribution in [0.2, 0.25) is 0 Å². The quantitative estimate of drug-likeness (QED) is 0.814. The van der Waals surface area contributed by atoms with Crippen LogP contribution in [0.4, 0.5) is 11.4 Å². The Morgan fingerprint density at radius 1 is 1.35 bits per heavy atom. The van der Waals surface area contributed by atoms with Gasteiger partial charge in [-0.25, -0.2) is 8.42 Å². The fourth-order valence-corrected chi connectivity index (χ4v) is 2.62. The summed E-state index contributed by atoms with van der Waals surface area (Å²) in [5, 5.41) is 0. The molecule has 0 aromatic heterocycles. The van der Waals surface area contributed by atoms with Gasteiger partial charge >= 0.3 is 0 Å². The van der Waals surface area contributed by atoms with E-state index in [9.17, 15) is 13.2 Å². The highest BCUT2D eigenvalue weighted by Gasteiger charge is 2.16. The van der Waals surface area contributed by atoms with Gasteiger partial charge in [0, 0.05) is 18.8 Å². The molecule has 1 aromatic carbocycles. The third-order valence-corrected chi connectivity index (χ3v) is 3.53. The number of morpholine rings is 1. The smallest absolute Gasteiger partial charge is 0.250 e. The second-order valence-corrected chi connectivity index (χ2v) is 6.32. The third-order valence-electron chi connectivity index (χ3n) is 2.94. The summed E-state index contributed by atoms with van der Waals surface area (Å²) < 4.78 is 30.1. The fourth-order valence-electron chi connectivity index (χ4n) is 2.04. The number of nitrogens with two attached hydrogens (primary N) is 1. The van der Waals surface area contributed by atoms with Gasteiger partial charge in [-0.2, -0.15) is 0 Å². The molecule has 1 aliphatic rings. The second kappa shape index (κ2) is 5.68. The molecular formula is C12H17N3O4S. The van der Waals surface area contributed by atoms with E-state index in [1.165, 1.54) is 0 Å². The van der Waals surface area contributed by atoms with Crippen molar-refractivity contribution in [3.8, 4) is 0 Å². The summed E-state index contributed by atoms with van der Waals surface area (Å²) in [7, 11) is -3.46. The highest BCUT2D eigenvalue weighted by atomic mass is 32.2. The van der Waals surface area contributed by atoms with Crippen molar-refractivity contribution >= 4 is 27.3 Å². The molecule has 2 rings (SSSR count). The van der Waals surface area contributed by atoms with E-state index in [-0.39, 0.29) is 11.3 Å². The fraction of sp³-hybridized carbons (Fsp3) is 0.417. The van der Waals surface area contributed by atoms with Crippen molar-refractivity contribution < 1.29 is 17.9 Å². The lowest BCUT2D eigenvalue weighted by Crippen LogP contribution is -2.36. The summed E-state index contributed by atoms with van der Waals surface area (Å²) in [6.07, 6.45) is 1.02. The van der Waals surface area contributed by atoms with E-state index in [2.05, 4.69) is 9.62 Å². The molecule has 20 heavy (non-hydrogen) atoms. The van der Waals surface area contributed by atoms with Crippen molar-refractivity contribution in [2.45, 2.75) is 0 Å². The Hall–Kier alpha value is -1.80. The van der Waals surface area contributed by atoms with Crippen molar-refractivity contribution in [3.05, 3.63) is 23.8 Å². The molecule has 0 spiro atoms. The van der Waals surface area contributed by atoms with Crippen LogP contribution in [-0.2, 0) is 14.8 Å². The van der Waals surface area contributed by atoms with Gasteiger partial charge < -0.3 is 15.4 Å². The van der Waals surface area contributed by atoms with Crippen LogP contribution in [0.3, 0.4) is 0 Å². The number of hydrogen-bond donors (Lipinski definition) is 2. The first kappa shape index (κ1) is 14.6. The van der Waals surface area contributed by atoms with E-state index in [0.29, 0.717) is 13.2 Å². The molecular weight excluding hydrogens is 282 g/mol. The van der Waals surface area contributed by atoms with Crippen LogP contribution in [0.1, 0.15) is 10.4 Å². The highest BCUT2D eigenvalue weighted by Crippen LogP contribution is 2.24. The predicted octanol–water partition coefficient (Wildman–Crippen LogP) is -0.00640. The number of benzene rings is 1. The number of amides is 1. The van der Waals surface area contributed by atoms with Gasteiger partial charge in [0.05, 0.1) is 30.7 Å². The number of primary amides is 1. The first-order valence-corrected chi connectivity index (χ1v) is 8.00. The Morgan fingerprint density at radius 3 is 2.55 bits per heavy atom. The average molecular weight is 299 g/mol. The molecule has 0 bridgehead atoms. The molecule has 1 amide bonds. The zero-order chi connectivity index (χ0) is 14.8. The third kappa shape index (κ3) is 3.61. The van der Waals surface area contributed by atoms with E-state index >= 15 is 0 Å². The average Bonchev–Trinajstić information content (AvgIpc) is 2.38. The van der Waals surface area contributed by atoms with Gasteiger partial charge in [0.15, 0.2) is 0 Å². The Bertz CT molecular complexity index is 609. The topological polar surface area (TPSA) is 102 Å². The molecule has 1 aromatic rings. The molecule has 1 saturated heterocycles. The molecule has 0 saturated carbocycles. The number of carbonyl (C=O) groups excluding carboxylic acids is 1. The number of nitrogens with zero attached hydrogens (tertiary/aromatic N) is 1. The summed E-state index contributed by atoms with van der Waals surface area (Å²) in [5.74, 6) is -0.675. The Balaban J connectivity index is 2.34. The molecule has 1 heterocycles. The lowest BCUT2D eigenvalue weighted by atomic mass is 10.1. The number of nitrogens with one attached hydrogen (secondary N) is 1. The normalized spacial score (nSPS) is 15.9. The van der Waals surface area contributed by atoms with Crippen LogP contribution in [0.5, 0.6) is 0 Å². The summed E-state index contributed by atoms with van der Waals surface area (Å²) in [6.45, 7) is 2.68. The molecule has 1 fully saturated rings. The van der Waals surface area contributed by atoms with E-state index in [0.717, 1.165) is 25.0 Å². The molecule has 110 valence electrons. The van der Waals surface area contributed by atoms with Crippen LogP contribution >= 0.6 is 0 Å². The van der Waals surface area contributed by atoms with Crippen LogP contribution in [-0.4, -0.2) is 46.9 Å². The van der Waals surface area contributed by atoms with Crippen LogP contribution in [0.15, 0.2) is 18.2 Å². The monoisotopic (exact) mass is 299 g/mol. The van der Waals surface area contributed by atoms with Crippen LogP contribution in [0, 0.1) is 0 Å². The van der Waals surface area contributed by atoms with E-state index in [4.69, 9.17) is 10.5 Å². The number of anilines is 2. The Morgan fingerprint density at radius 2 is 2.00 bits per heavy atom. The van der Waals surface area contributed by atoms with Gasteiger partial charge in [0.1, 0.15) is 0 Å². The minimum atomic E-state index is -3.46. The lowest BCUT2D eigenvalue weighted by Gasteiger charge is -2.29. The number of ether oxygens (including phenoxy) is 1. The second-order valence-electron chi connectivity index (χ2n) is 4.57. The van der Waals surface area contributed by atoms with E-state index in [1.807, 2.05) is 0 Å². The lowest BCUT2D eigenvalue weighted by molar-refractivity contribution is 0.100. The molecule has 0 atom stereocenters. The maximum atomic E-state index is 11.5. The molecule has 0 aliphatic carbocycles. The number of rotatable bonds is 4. The number of hydrogen-bond acceptors (Lipinski definition) is 5. The van der Waals surface area contributed by atoms with Gasteiger partial charge in [0.25, 0.3) is 5.91 Å². The summed E-state index contributed by atoms with van der Waals surface area (Å²) >= 11 is 0. The minimum absolute atomic E-state index is 0.152. The Labute approximate surface area is 117 Å². The SMILES string of the molecule is CS(=O)(=O)Nc1ccc(N2CCOCC2)cc1C(N)=O. The van der Waals surface area contributed by atoms with Crippen molar-refractivity contribution in [1.82, 2.24) is 0 Å². The first-order chi connectivity index (χ1) is 9.37. The van der Waals surface area contributed by atoms with Gasteiger partial charge in [0.2, 0.25) is 10.0 Å². The summed E-state index contributed by atoms with van der Waals surface area (Å²) in [6, 6.07) is 4.90. The number of sulfonamides is 1. The molecule has 8 heteroatoms. The van der Waals surface area contributed by atoms with Gasteiger partial charge in [-0.15, -0.1) is 0 Å². The van der Waals surface area contributed by atoms with Gasteiger partial charge in [-0.3, -0.25) is 9.52 Å². The maximum Gasteiger partial charge on any atom is 0.250 e. The Kier molecular flexibility index (Phi) is 4.15. The van der Waals surface area contributed by atoms with Gasteiger partial charge in [-0.05, 0) is 18.2 Å². The number of carbonyl (C=O) groups is 1. The molecule has 0 radical (unpaired) electrons.